The third-order valence-electron chi connectivity index (χ3n) is 3.64. The van der Waals surface area contributed by atoms with Gasteiger partial charge in [0.25, 0.3) is 16.0 Å². The molecule has 3 aromatic rings. The quantitative estimate of drug-likeness (QED) is 0.421. The summed E-state index contributed by atoms with van der Waals surface area (Å²) in [6.07, 6.45) is 0. The Morgan fingerprint density at radius 1 is 1.00 bits per heavy atom. The van der Waals surface area contributed by atoms with Gasteiger partial charge in [-0.25, -0.2) is 0 Å². The molecule has 128 valence electrons. The second kappa shape index (κ2) is 6.08. The predicted octanol–water partition coefficient (Wildman–Crippen LogP) is 2.63. The Balaban J connectivity index is 2.10. The standard InChI is InChI=1S/C17H14N2O5S/c18-11-6-4-10(5-7-11)17(21)19-15-3-1-2-13-14(15)8-12(20)9-16(13)25(22,23)24/h1-9,20H,18H2,(H,19,21)(H,22,23,24). The van der Waals surface area contributed by atoms with Crippen molar-refractivity contribution >= 4 is 38.2 Å². The first-order valence-electron chi connectivity index (χ1n) is 7.16. The summed E-state index contributed by atoms with van der Waals surface area (Å²) >= 11 is 0. The highest BCUT2D eigenvalue weighted by atomic mass is 32.2. The molecule has 0 atom stereocenters. The van der Waals surface area contributed by atoms with Gasteiger partial charge in [-0.15, -0.1) is 0 Å². The summed E-state index contributed by atoms with van der Waals surface area (Å²) in [6, 6.07) is 13.1. The van der Waals surface area contributed by atoms with Crippen LogP contribution >= 0.6 is 0 Å². The molecule has 0 saturated carbocycles. The fourth-order valence-corrected chi connectivity index (χ4v) is 3.21. The lowest BCUT2D eigenvalue weighted by atomic mass is 10.1. The number of hydrogen-bond donors (Lipinski definition) is 4. The van der Waals surface area contributed by atoms with E-state index in [1.54, 1.807) is 30.3 Å². The largest absolute Gasteiger partial charge is 0.508 e. The maximum absolute atomic E-state index is 12.4. The molecule has 25 heavy (non-hydrogen) atoms. The topological polar surface area (TPSA) is 130 Å². The zero-order chi connectivity index (χ0) is 18.2. The molecule has 0 aliphatic rings. The van der Waals surface area contributed by atoms with Crippen LogP contribution in [0.1, 0.15) is 10.4 Å². The Morgan fingerprint density at radius 3 is 2.32 bits per heavy atom. The van der Waals surface area contributed by atoms with E-state index in [0.29, 0.717) is 16.9 Å². The van der Waals surface area contributed by atoms with E-state index in [0.717, 1.165) is 6.07 Å². The van der Waals surface area contributed by atoms with E-state index in [1.165, 1.54) is 18.2 Å². The number of benzene rings is 3. The van der Waals surface area contributed by atoms with Crippen molar-refractivity contribution in [3.8, 4) is 5.75 Å². The number of rotatable bonds is 3. The Bertz CT molecular complexity index is 1080. The number of fused-ring (bicyclic) bond motifs is 1. The third-order valence-corrected chi connectivity index (χ3v) is 4.54. The lowest BCUT2D eigenvalue weighted by Gasteiger charge is -2.11. The first-order chi connectivity index (χ1) is 11.8. The Kier molecular flexibility index (Phi) is 4.07. The lowest BCUT2D eigenvalue weighted by molar-refractivity contribution is 0.102. The summed E-state index contributed by atoms with van der Waals surface area (Å²) in [6.45, 7) is 0. The van der Waals surface area contributed by atoms with Gasteiger partial charge in [0.15, 0.2) is 0 Å². The summed E-state index contributed by atoms with van der Waals surface area (Å²) in [5, 5.41) is 12.9. The number of nitrogen functional groups attached to an aromatic ring is 1. The van der Waals surface area contributed by atoms with Crippen LogP contribution in [0.3, 0.4) is 0 Å². The van der Waals surface area contributed by atoms with Crippen molar-refractivity contribution in [2.24, 2.45) is 0 Å². The van der Waals surface area contributed by atoms with E-state index in [4.69, 9.17) is 5.73 Å². The Hall–Kier alpha value is -3.10. The number of anilines is 2. The molecule has 0 spiro atoms. The predicted molar refractivity (Wildman–Crippen MR) is 94.2 cm³/mol. The third kappa shape index (κ3) is 3.39. The summed E-state index contributed by atoms with van der Waals surface area (Å²) in [7, 11) is -4.54. The minimum Gasteiger partial charge on any atom is -0.508 e. The highest BCUT2D eigenvalue weighted by Crippen LogP contribution is 2.33. The van der Waals surface area contributed by atoms with Crippen molar-refractivity contribution in [3.05, 3.63) is 60.2 Å². The average Bonchev–Trinajstić information content (AvgIpc) is 2.54. The molecule has 0 heterocycles. The number of nitrogens with two attached hydrogens (primary N) is 1. The maximum Gasteiger partial charge on any atom is 0.295 e. The minimum atomic E-state index is -4.54. The minimum absolute atomic E-state index is 0.176. The normalized spacial score (nSPS) is 11.4. The van der Waals surface area contributed by atoms with Gasteiger partial charge in [0.2, 0.25) is 0 Å². The molecule has 7 nitrogen and oxygen atoms in total. The molecule has 5 N–H and O–H groups in total. The summed E-state index contributed by atoms with van der Waals surface area (Å²) in [5.41, 5.74) is 6.76. The Morgan fingerprint density at radius 2 is 1.68 bits per heavy atom. The van der Waals surface area contributed by atoms with Gasteiger partial charge >= 0.3 is 0 Å². The number of carbonyl (C=O) groups excluding carboxylic acids is 1. The molecular weight excluding hydrogens is 344 g/mol. The molecule has 0 bridgehead atoms. The maximum atomic E-state index is 12.4. The van der Waals surface area contributed by atoms with Gasteiger partial charge in [-0.1, -0.05) is 12.1 Å². The van der Waals surface area contributed by atoms with Crippen molar-refractivity contribution in [1.29, 1.82) is 0 Å². The second-order valence-electron chi connectivity index (χ2n) is 5.40. The smallest absolute Gasteiger partial charge is 0.295 e. The number of amides is 1. The first-order valence-corrected chi connectivity index (χ1v) is 8.60. The molecule has 0 radical (unpaired) electrons. The number of phenolic OH excluding ortho intramolecular Hbond substituents is 1. The molecule has 0 unspecified atom stereocenters. The van der Waals surface area contributed by atoms with Gasteiger partial charge < -0.3 is 16.2 Å². The van der Waals surface area contributed by atoms with Gasteiger partial charge in [-0.3, -0.25) is 9.35 Å². The van der Waals surface area contributed by atoms with Gasteiger partial charge in [0.1, 0.15) is 10.6 Å². The van der Waals surface area contributed by atoms with Crippen molar-refractivity contribution < 1.29 is 22.9 Å². The summed E-state index contributed by atoms with van der Waals surface area (Å²) in [5.74, 6) is -0.779. The van der Waals surface area contributed by atoms with Crippen LogP contribution in [0.4, 0.5) is 11.4 Å². The van der Waals surface area contributed by atoms with Crippen molar-refractivity contribution in [1.82, 2.24) is 0 Å². The summed E-state index contributed by atoms with van der Waals surface area (Å²) in [4.78, 5) is 11.9. The van der Waals surface area contributed by atoms with Gasteiger partial charge in [-0.05, 0) is 36.4 Å². The first kappa shape index (κ1) is 16.7. The van der Waals surface area contributed by atoms with E-state index in [1.807, 2.05) is 0 Å². The van der Waals surface area contributed by atoms with Crippen LogP contribution in [0.15, 0.2) is 59.5 Å². The number of aromatic hydroxyl groups is 1. The van der Waals surface area contributed by atoms with Crippen LogP contribution in [-0.4, -0.2) is 24.0 Å². The van der Waals surface area contributed by atoms with E-state index >= 15 is 0 Å². The van der Waals surface area contributed by atoms with Crippen LogP contribution < -0.4 is 11.1 Å². The van der Waals surface area contributed by atoms with E-state index < -0.39 is 20.9 Å². The molecular formula is C17H14N2O5S. The molecule has 0 aliphatic carbocycles. The molecule has 3 rings (SSSR count). The number of carbonyl (C=O) groups is 1. The summed E-state index contributed by atoms with van der Waals surface area (Å²) < 4.78 is 32.4. The number of phenols is 1. The number of hydrogen-bond acceptors (Lipinski definition) is 5. The lowest BCUT2D eigenvalue weighted by Crippen LogP contribution is -2.12. The molecule has 0 fully saturated rings. The fourth-order valence-electron chi connectivity index (χ4n) is 2.49. The molecule has 0 aromatic heterocycles. The van der Waals surface area contributed by atoms with Crippen molar-refractivity contribution in [3.63, 3.8) is 0 Å². The van der Waals surface area contributed by atoms with Crippen LogP contribution in [-0.2, 0) is 10.1 Å². The van der Waals surface area contributed by atoms with Crippen LogP contribution in [0.25, 0.3) is 10.8 Å². The highest BCUT2D eigenvalue weighted by Gasteiger charge is 2.18. The zero-order valence-electron chi connectivity index (χ0n) is 12.8. The van der Waals surface area contributed by atoms with Gasteiger partial charge in [-0.2, -0.15) is 8.42 Å². The Labute approximate surface area is 143 Å². The van der Waals surface area contributed by atoms with Crippen molar-refractivity contribution in [2.45, 2.75) is 4.90 Å². The number of nitrogens with one attached hydrogen (secondary N) is 1. The zero-order valence-corrected chi connectivity index (χ0v) is 13.6. The molecule has 0 saturated heterocycles. The molecule has 1 amide bonds. The second-order valence-corrected chi connectivity index (χ2v) is 6.79. The van der Waals surface area contributed by atoms with Crippen LogP contribution in [0, 0.1) is 0 Å². The highest BCUT2D eigenvalue weighted by molar-refractivity contribution is 7.86. The molecule has 0 aliphatic heterocycles. The van der Waals surface area contributed by atoms with Crippen LogP contribution in [0.5, 0.6) is 5.75 Å². The van der Waals surface area contributed by atoms with E-state index in [9.17, 15) is 22.9 Å². The monoisotopic (exact) mass is 358 g/mol. The van der Waals surface area contributed by atoms with Gasteiger partial charge in [0.05, 0.1) is 0 Å². The fraction of sp³-hybridized carbons (Fsp3) is 0. The van der Waals surface area contributed by atoms with E-state index in [2.05, 4.69) is 5.32 Å². The van der Waals surface area contributed by atoms with Crippen molar-refractivity contribution in [2.75, 3.05) is 11.1 Å². The molecule has 8 heteroatoms. The van der Waals surface area contributed by atoms with Crippen LogP contribution in [0.2, 0.25) is 0 Å². The SMILES string of the molecule is Nc1ccc(C(=O)Nc2cccc3c(S(=O)(=O)O)cc(O)cc23)cc1. The van der Waals surface area contributed by atoms with Gasteiger partial charge in [0, 0.05) is 33.8 Å². The average molecular weight is 358 g/mol. The molecule has 3 aromatic carbocycles. The van der Waals surface area contributed by atoms with E-state index in [-0.39, 0.29) is 16.5 Å².